The second-order valence-electron chi connectivity index (χ2n) is 5.07. The lowest BCUT2D eigenvalue weighted by Gasteiger charge is -2.35. The first-order valence-corrected chi connectivity index (χ1v) is 6.15. The monoisotopic (exact) mass is 227 g/mol. The van der Waals surface area contributed by atoms with Crippen molar-refractivity contribution in [1.82, 2.24) is 15.5 Å². The maximum Gasteiger partial charge on any atom is 0.230 e. The third-order valence-electron chi connectivity index (χ3n) is 3.76. The first kappa shape index (κ1) is 13.5. The predicted octanol–water partition coefficient (Wildman–Crippen LogP) is 0.300. The van der Waals surface area contributed by atoms with Gasteiger partial charge >= 0.3 is 0 Å². The van der Waals surface area contributed by atoms with Crippen molar-refractivity contribution in [2.75, 3.05) is 40.3 Å². The van der Waals surface area contributed by atoms with Gasteiger partial charge in [0.25, 0.3) is 0 Å². The van der Waals surface area contributed by atoms with Crippen LogP contribution in [0.15, 0.2) is 0 Å². The van der Waals surface area contributed by atoms with Crippen molar-refractivity contribution in [3.8, 4) is 0 Å². The van der Waals surface area contributed by atoms with Crippen molar-refractivity contribution < 1.29 is 4.79 Å². The third-order valence-corrected chi connectivity index (χ3v) is 3.76. The normalized spacial score (nSPS) is 25.1. The molecule has 2 N–H and O–H groups in total. The van der Waals surface area contributed by atoms with Crippen molar-refractivity contribution in [1.29, 1.82) is 0 Å². The molecule has 0 aromatic rings. The van der Waals surface area contributed by atoms with E-state index in [1.54, 1.807) is 0 Å². The smallest absolute Gasteiger partial charge is 0.230 e. The van der Waals surface area contributed by atoms with Crippen LogP contribution >= 0.6 is 0 Å². The number of nitrogens with zero attached hydrogens (tertiary/aromatic N) is 1. The Morgan fingerprint density at radius 3 is 2.69 bits per heavy atom. The first-order chi connectivity index (χ1) is 7.54. The highest BCUT2D eigenvalue weighted by atomic mass is 16.2. The minimum absolute atomic E-state index is 0.178. The van der Waals surface area contributed by atoms with Crippen molar-refractivity contribution >= 4 is 5.91 Å². The zero-order valence-corrected chi connectivity index (χ0v) is 11.0. The van der Waals surface area contributed by atoms with E-state index in [1.165, 1.54) is 0 Å². The van der Waals surface area contributed by atoms with E-state index in [1.807, 2.05) is 19.0 Å². The molecule has 0 radical (unpaired) electrons. The van der Waals surface area contributed by atoms with E-state index >= 15 is 0 Å². The van der Waals surface area contributed by atoms with Crippen LogP contribution in [-0.2, 0) is 4.79 Å². The number of carbonyl (C=O) groups excluding carboxylic acids is 1. The molecule has 1 rings (SSSR count). The molecule has 16 heavy (non-hydrogen) atoms. The molecule has 1 aliphatic rings. The van der Waals surface area contributed by atoms with E-state index in [9.17, 15) is 4.79 Å². The number of likely N-dealkylation sites (N-methyl/N-ethyl adjacent to an activating group) is 2. The van der Waals surface area contributed by atoms with Crippen molar-refractivity contribution in [2.45, 2.75) is 20.3 Å². The molecule has 0 saturated carbocycles. The summed E-state index contributed by atoms with van der Waals surface area (Å²) in [5, 5.41) is 6.40. The molecule has 1 fully saturated rings. The Kier molecular flexibility index (Phi) is 4.74. The van der Waals surface area contributed by atoms with Gasteiger partial charge in [0.15, 0.2) is 0 Å². The molecule has 94 valence electrons. The van der Waals surface area contributed by atoms with Crippen LogP contribution in [0.4, 0.5) is 0 Å². The minimum atomic E-state index is -0.178. The van der Waals surface area contributed by atoms with E-state index in [0.29, 0.717) is 11.8 Å². The largest absolute Gasteiger partial charge is 0.344 e. The summed E-state index contributed by atoms with van der Waals surface area (Å²) in [5.74, 6) is 0.690. The molecule has 0 aliphatic carbocycles. The van der Waals surface area contributed by atoms with Crippen LogP contribution in [0.5, 0.6) is 0 Å². The average molecular weight is 227 g/mol. The van der Waals surface area contributed by atoms with Gasteiger partial charge in [-0.2, -0.15) is 0 Å². The van der Waals surface area contributed by atoms with Crippen LogP contribution in [-0.4, -0.2) is 51.1 Å². The number of hydrogen-bond donors (Lipinski definition) is 2. The Bertz CT molecular complexity index is 234. The number of hydrogen-bond acceptors (Lipinski definition) is 3. The summed E-state index contributed by atoms with van der Waals surface area (Å²) in [6, 6.07) is 0. The van der Waals surface area contributed by atoms with Crippen LogP contribution in [0.2, 0.25) is 0 Å². The Morgan fingerprint density at radius 2 is 2.25 bits per heavy atom. The first-order valence-electron chi connectivity index (χ1n) is 6.15. The molecule has 1 heterocycles. The Hall–Kier alpha value is -0.610. The van der Waals surface area contributed by atoms with E-state index < -0.39 is 0 Å². The third kappa shape index (κ3) is 2.55. The number of rotatable bonds is 5. The number of amides is 1. The molecule has 0 bridgehead atoms. The Labute approximate surface area is 98.8 Å². The molecule has 0 aromatic carbocycles. The van der Waals surface area contributed by atoms with Crippen LogP contribution < -0.4 is 10.6 Å². The fourth-order valence-electron chi connectivity index (χ4n) is 2.39. The summed E-state index contributed by atoms with van der Waals surface area (Å²) in [5.41, 5.74) is -0.178. The van der Waals surface area contributed by atoms with Crippen molar-refractivity contribution in [2.24, 2.45) is 11.3 Å². The maximum absolute atomic E-state index is 12.5. The quantitative estimate of drug-likeness (QED) is 0.710. The van der Waals surface area contributed by atoms with Gasteiger partial charge in [-0.25, -0.2) is 0 Å². The minimum Gasteiger partial charge on any atom is -0.344 e. The molecule has 0 aromatic heterocycles. The van der Waals surface area contributed by atoms with Gasteiger partial charge in [-0.3, -0.25) is 4.79 Å². The summed E-state index contributed by atoms with van der Waals surface area (Å²) in [4.78, 5) is 14.3. The van der Waals surface area contributed by atoms with Crippen LogP contribution in [0.25, 0.3) is 0 Å². The fourth-order valence-corrected chi connectivity index (χ4v) is 2.39. The highest BCUT2D eigenvalue weighted by Gasteiger charge is 2.45. The van der Waals surface area contributed by atoms with Gasteiger partial charge in [0.2, 0.25) is 5.91 Å². The molecular weight excluding hydrogens is 202 g/mol. The van der Waals surface area contributed by atoms with Crippen molar-refractivity contribution in [3.05, 3.63) is 0 Å². The summed E-state index contributed by atoms with van der Waals surface area (Å²) in [6.45, 7) is 7.72. The topological polar surface area (TPSA) is 44.4 Å². The maximum atomic E-state index is 12.5. The predicted molar refractivity (Wildman–Crippen MR) is 66.3 cm³/mol. The lowest BCUT2D eigenvalue weighted by molar-refractivity contribution is -0.142. The van der Waals surface area contributed by atoms with Gasteiger partial charge in [0.1, 0.15) is 0 Å². The highest BCUT2D eigenvalue weighted by molar-refractivity contribution is 5.83. The molecule has 0 spiro atoms. The van der Waals surface area contributed by atoms with Crippen LogP contribution in [0.3, 0.4) is 0 Å². The van der Waals surface area contributed by atoms with Crippen LogP contribution in [0, 0.1) is 11.3 Å². The van der Waals surface area contributed by atoms with Crippen molar-refractivity contribution in [3.63, 3.8) is 0 Å². The second kappa shape index (κ2) is 5.64. The van der Waals surface area contributed by atoms with Gasteiger partial charge in [-0.15, -0.1) is 0 Å². The van der Waals surface area contributed by atoms with Gasteiger partial charge in [-0.05, 0) is 25.9 Å². The Balaban J connectivity index is 2.68. The van der Waals surface area contributed by atoms with E-state index in [-0.39, 0.29) is 5.41 Å². The lowest BCUT2D eigenvalue weighted by atomic mass is 9.75. The number of carbonyl (C=O) groups is 1. The molecule has 1 amide bonds. The zero-order valence-electron chi connectivity index (χ0n) is 11.0. The van der Waals surface area contributed by atoms with E-state index in [2.05, 4.69) is 24.5 Å². The molecular formula is C12H25N3O. The highest BCUT2D eigenvalue weighted by Crippen LogP contribution is 2.35. The van der Waals surface area contributed by atoms with E-state index in [0.717, 1.165) is 32.6 Å². The summed E-state index contributed by atoms with van der Waals surface area (Å²) in [6.07, 6.45) is 0.966. The van der Waals surface area contributed by atoms with Crippen LogP contribution in [0.1, 0.15) is 20.3 Å². The second-order valence-corrected chi connectivity index (χ2v) is 5.07. The number of nitrogens with one attached hydrogen (secondary N) is 2. The SMILES string of the molecule is CNCCN(C)C(=O)C1(C(C)C)CCNC1. The lowest BCUT2D eigenvalue weighted by Crippen LogP contribution is -2.48. The van der Waals surface area contributed by atoms with Gasteiger partial charge in [0.05, 0.1) is 5.41 Å². The van der Waals surface area contributed by atoms with Gasteiger partial charge in [0, 0.05) is 26.7 Å². The van der Waals surface area contributed by atoms with E-state index in [4.69, 9.17) is 0 Å². The Morgan fingerprint density at radius 1 is 1.56 bits per heavy atom. The fraction of sp³-hybridized carbons (Fsp3) is 0.917. The summed E-state index contributed by atoms with van der Waals surface area (Å²) >= 11 is 0. The molecule has 1 aliphatic heterocycles. The molecule has 4 nitrogen and oxygen atoms in total. The molecule has 1 unspecified atom stereocenters. The average Bonchev–Trinajstić information content (AvgIpc) is 2.75. The molecule has 4 heteroatoms. The summed E-state index contributed by atoms with van der Waals surface area (Å²) in [7, 11) is 3.82. The molecule has 1 saturated heterocycles. The summed E-state index contributed by atoms with van der Waals surface area (Å²) < 4.78 is 0. The standard InChI is InChI=1S/C12H25N3O/c1-10(2)12(5-6-14-9-12)11(16)15(4)8-7-13-3/h10,13-14H,5-9H2,1-4H3. The zero-order chi connectivity index (χ0) is 12.2. The molecule has 1 atom stereocenters. The van der Waals surface area contributed by atoms with Gasteiger partial charge in [-0.1, -0.05) is 13.8 Å². The van der Waals surface area contributed by atoms with Gasteiger partial charge < -0.3 is 15.5 Å².